The van der Waals surface area contributed by atoms with E-state index in [1.165, 1.54) is 11.1 Å². The second kappa shape index (κ2) is 8.44. The van der Waals surface area contributed by atoms with E-state index >= 15 is 0 Å². The van der Waals surface area contributed by atoms with Gasteiger partial charge in [0, 0.05) is 32.7 Å². The van der Waals surface area contributed by atoms with Crippen molar-refractivity contribution in [1.82, 2.24) is 15.1 Å². The molecule has 6 heteroatoms. The van der Waals surface area contributed by atoms with Crippen molar-refractivity contribution in [2.24, 2.45) is 0 Å². The Bertz CT molecular complexity index is 832. The molecule has 0 radical (unpaired) electrons. The van der Waals surface area contributed by atoms with E-state index in [1.807, 2.05) is 47.4 Å². The van der Waals surface area contributed by atoms with Crippen LogP contribution in [0.3, 0.4) is 0 Å². The Balaban J connectivity index is 1.26. The summed E-state index contributed by atoms with van der Waals surface area (Å²) in [6.45, 7) is 3.08. The first-order valence-electron chi connectivity index (χ1n) is 9.75. The molecule has 28 heavy (non-hydrogen) atoms. The number of carbonyl (C=O) groups excluding carboxylic acids is 2. The van der Waals surface area contributed by atoms with Crippen molar-refractivity contribution in [3.05, 3.63) is 71.3 Å². The minimum atomic E-state index is -0.319. The minimum Gasteiger partial charge on any atom is -0.445 e. The lowest BCUT2D eigenvalue weighted by Gasteiger charge is -2.37. The summed E-state index contributed by atoms with van der Waals surface area (Å²) in [5, 5.41) is 3.35. The summed E-state index contributed by atoms with van der Waals surface area (Å²) >= 11 is 0. The summed E-state index contributed by atoms with van der Waals surface area (Å²) in [5.74, 6) is 0.117. The average molecular weight is 379 g/mol. The Labute approximate surface area is 165 Å². The van der Waals surface area contributed by atoms with Gasteiger partial charge in [0.25, 0.3) is 0 Å². The third-order valence-electron chi connectivity index (χ3n) is 5.43. The van der Waals surface area contributed by atoms with Crippen LogP contribution in [0.4, 0.5) is 4.79 Å². The number of piperazine rings is 1. The predicted octanol–water partition coefficient (Wildman–Crippen LogP) is 2.18. The Kier molecular flexibility index (Phi) is 5.58. The predicted molar refractivity (Wildman–Crippen MR) is 106 cm³/mol. The van der Waals surface area contributed by atoms with E-state index in [4.69, 9.17) is 4.74 Å². The fraction of sp³-hybridized carbons (Fsp3) is 0.364. The quantitative estimate of drug-likeness (QED) is 0.888. The first kappa shape index (κ1) is 18.5. The maximum atomic E-state index is 12.9. The molecular formula is C22H25N3O3. The molecule has 1 fully saturated rings. The van der Waals surface area contributed by atoms with Gasteiger partial charge in [0.2, 0.25) is 5.91 Å². The zero-order valence-corrected chi connectivity index (χ0v) is 15.8. The molecule has 4 rings (SSSR count). The Morgan fingerprint density at radius 1 is 0.893 bits per heavy atom. The SMILES string of the molecule is O=C(OCc1ccccc1)N1CCN(C(=O)C2Cc3ccccc3CN2)CC1. The lowest BCUT2D eigenvalue weighted by molar-refractivity contribution is -0.135. The van der Waals surface area contributed by atoms with Crippen molar-refractivity contribution in [3.63, 3.8) is 0 Å². The van der Waals surface area contributed by atoms with Crippen LogP contribution in [0.5, 0.6) is 0 Å². The number of ether oxygens (including phenoxy) is 1. The van der Waals surface area contributed by atoms with Gasteiger partial charge in [-0.1, -0.05) is 54.6 Å². The van der Waals surface area contributed by atoms with E-state index in [9.17, 15) is 9.59 Å². The molecule has 2 aliphatic rings. The van der Waals surface area contributed by atoms with E-state index in [0.717, 1.165) is 12.1 Å². The fourth-order valence-corrected chi connectivity index (χ4v) is 3.77. The standard InChI is InChI=1S/C22H25N3O3/c26-21(20-14-18-8-4-5-9-19(18)15-23-20)24-10-12-25(13-11-24)22(27)28-16-17-6-2-1-3-7-17/h1-9,20,23H,10-16H2. The fourth-order valence-electron chi connectivity index (χ4n) is 3.77. The molecule has 1 saturated heterocycles. The van der Waals surface area contributed by atoms with Crippen LogP contribution in [0.15, 0.2) is 54.6 Å². The number of amides is 2. The molecule has 2 aliphatic heterocycles. The molecule has 0 saturated carbocycles. The molecule has 0 aliphatic carbocycles. The zero-order chi connectivity index (χ0) is 19.3. The molecule has 2 heterocycles. The molecular weight excluding hydrogens is 354 g/mol. The number of hydrogen-bond donors (Lipinski definition) is 1. The number of fused-ring (bicyclic) bond motifs is 1. The molecule has 1 unspecified atom stereocenters. The number of nitrogens with one attached hydrogen (secondary N) is 1. The van der Waals surface area contributed by atoms with Gasteiger partial charge >= 0.3 is 6.09 Å². The maximum Gasteiger partial charge on any atom is 0.410 e. The van der Waals surface area contributed by atoms with E-state index in [-0.39, 0.29) is 24.6 Å². The van der Waals surface area contributed by atoms with Crippen molar-refractivity contribution in [3.8, 4) is 0 Å². The van der Waals surface area contributed by atoms with E-state index in [2.05, 4.69) is 17.4 Å². The average Bonchev–Trinajstić information content (AvgIpc) is 2.77. The molecule has 6 nitrogen and oxygen atoms in total. The molecule has 2 amide bonds. The smallest absolute Gasteiger partial charge is 0.410 e. The van der Waals surface area contributed by atoms with Crippen molar-refractivity contribution in [2.75, 3.05) is 26.2 Å². The molecule has 2 aromatic carbocycles. The number of hydrogen-bond acceptors (Lipinski definition) is 4. The van der Waals surface area contributed by atoms with Gasteiger partial charge in [0.05, 0.1) is 6.04 Å². The van der Waals surface area contributed by atoms with Gasteiger partial charge in [0.15, 0.2) is 0 Å². The highest BCUT2D eigenvalue weighted by Gasteiger charge is 2.31. The van der Waals surface area contributed by atoms with E-state index in [1.54, 1.807) is 4.90 Å². The third-order valence-corrected chi connectivity index (χ3v) is 5.43. The highest BCUT2D eigenvalue weighted by atomic mass is 16.6. The summed E-state index contributed by atoms with van der Waals surface area (Å²) in [4.78, 5) is 28.7. The van der Waals surface area contributed by atoms with E-state index in [0.29, 0.717) is 32.6 Å². The second-order valence-corrected chi connectivity index (χ2v) is 7.26. The van der Waals surface area contributed by atoms with Gasteiger partial charge in [-0.25, -0.2) is 4.79 Å². The van der Waals surface area contributed by atoms with Crippen LogP contribution in [-0.4, -0.2) is 54.0 Å². The third kappa shape index (κ3) is 4.17. The first-order valence-corrected chi connectivity index (χ1v) is 9.75. The number of nitrogens with zero attached hydrogens (tertiary/aromatic N) is 2. The van der Waals surface area contributed by atoms with Crippen molar-refractivity contribution in [2.45, 2.75) is 25.6 Å². The van der Waals surface area contributed by atoms with Gasteiger partial charge < -0.3 is 19.9 Å². The van der Waals surface area contributed by atoms with Gasteiger partial charge in [-0.05, 0) is 23.1 Å². The van der Waals surface area contributed by atoms with Gasteiger partial charge in [-0.3, -0.25) is 4.79 Å². The zero-order valence-electron chi connectivity index (χ0n) is 15.8. The van der Waals surface area contributed by atoms with Crippen LogP contribution >= 0.6 is 0 Å². The summed E-state index contributed by atoms with van der Waals surface area (Å²) in [6.07, 6.45) is 0.398. The normalized spacial score (nSPS) is 19.1. The Morgan fingerprint density at radius 3 is 2.29 bits per heavy atom. The molecule has 146 valence electrons. The number of benzene rings is 2. The van der Waals surface area contributed by atoms with Crippen LogP contribution < -0.4 is 5.32 Å². The molecule has 1 atom stereocenters. The van der Waals surface area contributed by atoms with Crippen LogP contribution in [0, 0.1) is 0 Å². The highest BCUT2D eigenvalue weighted by molar-refractivity contribution is 5.83. The molecule has 0 spiro atoms. The van der Waals surface area contributed by atoms with Gasteiger partial charge in [-0.2, -0.15) is 0 Å². The van der Waals surface area contributed by atoms with Crippen LogP contribution in [0.25, 0.3) is 0 Å². The van der Waals surface area contributed by atoms with Gasteiger partial charge in [0.1, 0.15) is 6.61 Å². The Hall–Kier alpha value is -2.86. The van der Waals surface area contributed by atoms with Crippen LogP contribution in [-0.2, 0) is 29.1 Å². The monoisotopic (exact) mass is 379 g/mol. The highest BCUT2D eigenvalue weighted by Crippen LogP contribution is 2.18. The summed E-state index contributed by atoms with van der Waals surface area (Å²) in [5.41, 5.74) is 3.47. The number of carbonyl (C=O) groups is 2. The largest absolute Gasteiger partial charge is 0.445 e. The molecule has 2 aromatic rings. The van der Waals surface area contributed by atoms with Crippen molar-refractivity contribution < 1.29 is 14.3 Å². The molecule has 0 bridgehead atoms. The Morgan fingerprint density at radius 2 is 1.54 bits per heavy atom. The minimum absolute atomic E-state index is 0.117. The summed E-state index contributed by atoms with van der Waals surface area (Å²) in [6, 6.07) is 17.7. The van der Waals surface area contributed by atoms with Crippen molar-refractivity contribution in [1.29, 1.82) is 0 Å². The molecule has 1 N–H and O–H groups in total. The first-order chi connectivity index (χ1) is 13.7. The van der Waals surface area contributed by atoms with Crippen LogP contribution in [0.1, 0.15) is 16.7 Å². The second-order valence-electron chi connectivity index (χ2n) is 7.26. The van der Waals surface area contributed by atoms with Crippen LogP contribution in [0.2, 0.25) is 0 Å². The van der Waals surface area contributed by atoms with Gasteiger partial charge in [-0.15, -0.1) is 0 Å². The summed E-state index contributed by atoms with van der Waals surface area (Å²) < 4.78 is 5.39. The van der Waals surface area contributed by atoms with Crippen molar-refractivity contribution >= 4 is 12.0 Å². The molecule has 0 aromatic heterocycles. The lowest BCUT2D eigenvalue weighted by atomic mass is 9.95. The van der Waals surface area contributed by atoms with E-state index < -0.39 is 0 Å². The number of rotatable bonds is 3. The summed E-state index contributed by atoms with van der Waals surface area (Å²) in [7, 11) is 0. The lowest BCUT2D eigenvalue weighted by Crippen LogP contribution is -2.56. The maximum absolute atomic E-state index is 12.9. The topological polar surface area (TPSA) is 61.9 Å².